The summed E-state index contributed by atoms with van der Waals surface area (Å²) in [5, 5.41) is 5.57. The average molecular weight is 653 g/mol. The van der Waals surface area contributed by atoms with Gasteiger partial charge < -0.3 is 41.5 Å². The number of aliphatic imine (C=N–C) groups is 1. The third kappa shape index (κ3) is 7.92. The van der Waals surface area contributed by atoms with Gasteiger partial charge in [-0.15, -0.1) is 0 Å². The van der Waals surface area contributed by atoms with E-state index in [9.17, 15) is 18.0 Å². The van der Waals surface area contributed by atoms with E-state index in [0.717, 1.165) is 31.8 Å². The number of carbonyl (C=O) groups excluding carboxylic acids is 1. The van der Waals surface area contributed by atoms with Crippen LogP contribution in [0.3, 0.4) is 0 Å². The molecule has 2 saturated heterocycles. The van der Waals surface area contributed by atoms with E-state index in [1.807, 2.05) is 9.80 Å². The average Bonchev–Trinajstić information content (AvgIpc) is 3.06. The Hall–Kier alpha value is -4.89. The number of piperazine rings is 1. The van der Waals surface area contributed by atoms with Crippen molar-refractivity contribution in [2.45, 2.75) is 20.0 Å². The Balaban J connectivity index is 1.43. The molecule has 3 aromatic rings. The van der Waals surface area contributed by atoms with Crippen LogP contribution in [-0.4, -0.2) is 85.6 Å². The first-order chi connectivity index (χ1) is 22.5. The number of alkyl halides is 3. The first-order valence-corrected chi connectivity index (χ1v) is 15.3. The van der Waals surface area contributed by atoms with Gasteiger partial charge in [0.05, 0.1) is 24.5 Å². The van der Waals surface area contributed by atoms with Gasteiger partial charge in [0.15, 0.2) is 11.7 Å². The maximum Gasteiger partial charge on any atom is 0.416 e. The number of halogens is 3. The molecule has 0 aliphatic carbocycles. The van der Waals surface area contributed by atoms with E-state index in [0.29, 0.717) is 68.0 Å². The number of aryl methyl sites for hydroxylation is 1. The number of likely N-dealkylation sites (N-methyl/N-ethyl adjacent to an activating group) is 1. The fourth-order valence-corrected chi connectivity index (χ4v) is 5.41. The van der Waals surface area contributed by atoms with Crippen LogP contribution in [0.2, 0.25) is 0 Å². The number of carbonyl (C=O) groups is 1. The molecule has 2 fully saturated rings. The van der Waals surface area contributed by atoms with Crippen LogP contribution in [0.5, 0.6) is 0 Å². The van der Waals surface area contributed by atoms with Crippen molar-refractivity contribution in [3.05, 3.63) is 71.6 Å². The lowest BCUT2D eigenvalue weighted by Crippen LogP contribution is -2.46. The van der Waals surface area contributed by atoms with Crippen molar-refractivity contribution in [3.8, 4) is 0 Å². The van der Waals surface area contributed by atoms with Crippen LogP contribution < -0.4 is 31.9 Å². The molecule has 2 aromatic carbocycles. The molecule has 0 spiro atoms. The summed E-state index contributed by atoms with van der Waals surface area (Å²) >= 11 is 0. The number of aromatic nitrogens is 2. The van der Waals surface area contributed by atoms with E-state index in [2.05, 4.69) is 44.0 Å². The van der Waals surface area contributed by atoms with Crippen LogP contribution in [0.1, 0.15) is 34.1 Å². The lowest BCUT2D eigenvalue weighted by atomic mass is 10.1. The number of ether oxygens (including phenoxy) is 1. The highest BCUT2D eigenvalue weighted by molar-refractivity contribution is 6.06. The monoisotopic (exact) mass is 652 g/mol. The van der Waals surface area contributed by atoms with Crippen LogP contribution in [0.25, 0.3) is 0 Å². The molecule has 2 aliphatic heterocycles. The highest BCUT2D eigenvalue weighted by atomic mass is 19.4. The number of nitrogens with zero attached hydrogens (tertiary/aromatic N) is 6. The minimum absolute atomic E-state index is 0.00399. The van der Waals surface area contributed by atoms with Gasteiger partial charge in [-0.05, 0) is 55.6 Å². The Morgan fingerprint density at radius 1 is 1.06 bits per heavy atom. The predicted octanol–water partition coefficient (Wildman–Crippen LogP) is 4.21. The minimum Gasteiger partial charge on any atom is -0.382 e. The van der Waals surface area contributed by atoms with Crippen molar-refractivity contribution in [3.63, 3.8) is 0 Å². The number of rotatable bonds is 9. The molecule has 1 amide bonds. The second-order valence-electron chi connectivity index (χ2n) is 11.2. The molecule has 5 rings (SSSR count). The summed E-state index contributed by atoms with van der Waals surface area (Å²) in [6, 6.07) is 8.40. The maximum absolute atomic E-state index is 13.9. The minimum atomic E-state index is -4.59. The fraction of sp³-hybridized carbons (Fsp3) is 0.375. The molecule has 250 valence electrons. The molecule has 6 N–H and O–H groups in total. The van der Waals surface area contributed by atoms with E-state index in [-0.39, 0.29) is 28.6 Å². The molecule has 0 unspecified atom stereocenters. The summed E-state index contributed by atoms with van der Waals surface area (Å²) in [6.07, 6.45) is -3.17. The zero-order chi connectivity index (χ0) is 33.7. The van der Waals surface area contributed by atoms with E-state index in [1.165, 1.54) is 12.3 Å². The lowest BCUT2D eigenvalue weighted by Gasteiger charge is -2.36. The number of nitrogen functional groups attached to an aromatic ring is 1. The molecular weight excluding hydrogens is 613 g/mol. The molecule has 47 heavy (non-hydrogen) atoms. The van der Waals surface area contributed by atoms with Gasteiger partial charge in [0, 0.05) is 56.2 Å². The highest BCUT2D eigenvalue weighted by Gasteiger charge is 2.32. The Morgan fingerprint density at radius 3 is 2.45 bits per heavy atom. The number of hydrogen-bond donors (Lipinski definition) is 4. The van der Waals surface area contributed by atoms with Gasteiger partial charge in [0.1, 0.15) is 11.4 Å². The van der Waals surface area contributed by atoms with Crippen molar-refractivity contribution in [1.29, 1.82) is 0 Å². The van der Waals surface area contributed by atoms with Crippen molar-refractivity contribution in [1.82, 2.24) is 14.9 Å². The Morgan fingerprint density at radius 2 is 1.79 bits per heavy atom. The second kappa shape index (κ2) is 14.3. The zero-order valence-electron chi connectivity index (χ0n) is 26.4. The van der Waals surface area contributed by atoms with Gasteiger partial charge in [-0.2, -0.15) is 18.2 Å². The van der Waals surface area contributed by atoms with Crippen molar-refractivity contribution in [2.24, 2.45) is 10.7 Å². The topological polar surface area (TPSA) is 150 Å². The Kier molecular flexibility index (Phi) is 10.2. The number of nitrogens with one attached hydrogen (secondary N) is 2. The normalized spacial score (nSPS) is 16.2. The molecule has 0 bridgehead atoms. The molecule has 0 saturated carbocycles. The van der Waals surface area contributed by atoms with Gasteiger partial charge in [0.25, 0.3) is 5.91 Å². The van der Waals surface area contributed by atoms with Crippen LogP contribution in [0.15, 0.2) is 54.2 Å². The summed E-state index contributed by atoms with van der Waals surface area (Å²) in [6.45, 7) is 13.2. The molecule has 2 aliphatic rings. The van der Waals surface area contributed by atoms with E-state index in [1.54, 1.807) is 25.1 Å². The number of hydrogen-bond acceptors (Lipinski definition) is 10. The first kappa shape index (κ1) is 33.5. The number of nitrogens with two attached hydrogens (primary N) is 2. The van der Waals surface area contributed by atoms with Crippen molar-refractivity contribution in [2.75, 3.05) is 85.2 Å². The number of anilines is 5. The SMILES string of the molecule is C=CNc1c(N)nc(N2CCOCC2)nc1C(N)=Nc1cc(C(=O)Nc2cc(N3CCN(CC)CC3)cc(C(F)(F)F)c2)ccc1C. The van der Waals surface area contributed by atoms with E-state index < -0.39 is 17.6 Å². The van der Waals surface area contributed by atoms with Crippen LogP contribution in [-0.2, 0) is 10.9 Å². The van der Waals surface area contributed by atoms with Gasteiger partial charge in [-0.1, -0.05) is 19.6 Å². The number of amides is 1. The summed E-state index contributed by atoms with van der Waals surface area (Å²) in [5.74, 6) is -0.0847. The Bertz CT molecular complexity index is 1650. The van der Waals surface area contributed by atoms with Gasteiger partial charge in [-0.25, -0.2) is 9.98 Å². The smallest absolute Gasteiger partial charge is 0.382 e. The predicted molar refractivity (Wildman–Crippen MR) is 179 cm³/mol. The second-order valence-corrected chi connectivity index (χ2v) is 11.2. The third-order valence-corrected chi connectivity index (χ3v) is 8.11. The molecule has 15 heteroatoms. The largest absolute Gasteiger partial charge is 0.416 e. The van der Waals surface area contributed by atoms with Gasteiger partial charge in [-0.3, -0.25) is 4.79 Å². The number of morpholine rings is 1. The summed E-state index contributed by atoms with van der Waals surface area (Å²) in [4.78, 5) is 33.1. The molecule has 0 atom stereocenters. The molecule has 12 nitrogen and oxygen atoms in total. The number of amidine groups is 1. The van der Waals surface area contributed by atoms with Gasteiger partial charge in [0.2, 0.25) is 5.95 Å². The zero-order valence-corrected chi connectivity index (χ0v) is 26.4. The molecule has 3 heterocycles. The molecule has 1 aromatic heterocycles. The molecule has 0 radical (unpaired) electrons. The lowest BCUT2D eigenvalue weighted by molar-refractivity contribution is -0.137. The first-order valence-electron chi connectivity index (χ1n) is 15.3. The van der Waals surface area contributed by atoms with E-state index in [4.69, 9.17) is 16.2 Å². The summed E-state index contributed by atoms with van der Waals surface area (Å²) < 4.78 is 47.1. The maximum atomic E-state index is 13.9. The van der Waals surface area contributed by atoms with Crippen LogP contribution >= 0.6 is 0 Å². The summed E-state index contributed by atoms with van der Waals surface area (Å²) in [7, 11) is 0. The third-order valence-electron chi connectivity index (χ3n) is 8.11. The van der Waals surface area contributed by atoms with Crippen LogP contribution in [0, 0.1) is 6.92 Å². The standard InChI is InChI=1S/C32H39F3N10O2/c1-4-38-26-27(41-31(42-28(26)36)45-12-14-47-15-13-45)29(37)40-25-16-21(7-6-20(25)3)30(46)39-23-17-22(32(33,34)35)18-24(19-23)44-10-8-43(5-2)9-11-44/h4,6-7,16-19,38H,1,5,8-15H2,2-3H3,(H2,37,40)(H,39,46)(H2,36,41,42). The quantitative estimate of drug-likeness (QED) is 0.196. The molecular formula is C32H39F3N10O2. The van der Waals surface area contributed by atoms with Crippen molar-refractivity contribution < 1.29 is 22.7 Å². The van der Waals surface area contributed by atoms with E-state index >= 15 is 0 Å². The van der Waals surface area contributed by atoms with Gasteiger partial charge >= 0.3 is 6.18 Å². The highest BCUT2D eigenvalue weighted by Crippen LogP contribution is 2.35. The Labute approximate surface area is 271 Å². The van der Waals surface area contributed by atoms with Crippen LogP contribution in [0.4, 0.5) is 47.7 Å². The van der Waals surface area contributed by atoms with Crippen molar-refractivity contribution >= 4 is 46.3 Å². The summed E-state index contributed by atoms with van der Waals surface area (Å²) in [5.41, 5.74) is 14.1. The number of benzene rings is 2. The fourth-order valence-electron chi connectivity index (χ4n) is 5.41.